The molecule has 0 atom stereocenters. The normalized spacial score (nSPS) is 10.2. The zero-order valence-corrected chi connectivity index (χ0v) is 11.0. The Morgan fingerprint density at radius 2 is 1.76 bits per heavy atom. The Morgan fingerprint density at radius 3 is 2.38 bits per heavy atom. The molecule has 21 heavy (non-hydrogen) atoms. The molecule has 0 heterocycles. The van der Waals surface area contributed by atoms with Crippen LogP contribution in [-0.2, 0) is 0 Å². The van der Waals surface area contributed by atoms with Crippen LogP contribution >= 0.6 is 0 Å². The highest BCUT2D eigenvalue weighted by Crippen LogP contribution is 2.18. The summed E-state index contributed by atoms with van der Waals surface area (Å²) < 4.78 is 27.3. The number of carboxylic acids is 1. The Balaban J connectivity index is 2.27. The second-order valence-corrected chi connectivity index (χ2v) is 4.44. The number of rotatable bonds is 3. The van der Waals surface area contributed by atoms with Gasteiger partial charge in [0.05, 0.1) is 16.8 Å². The van der Waals surface area contributed by atoms with Gasteiger partial charge in [-0.1, -0.05) is 11.6 Å². The van der Waals surface area contributed by atoms with E-state index >= 15 is 0 Å². The van der Waals surface area contributed by atoms with Crippen molar-refractivity contribution in [3.05, 3.63) is 64.7 Å². The summed E-state index contributed by atoms with van der Waals surface area (Å²) in [5.74, 6) is -3.72. The number of anilines is 1. The predicted molar refractivity (Wildman–Crippen MR) is 72.4 cm³/mol. The van der Waals surface area contributed by atoms with Crippen LogP contribution in [0.25, 0.3) is 0 Å². The SMILES string of the molecule is Cc1ccc(F)c(C(=O)Nc2ccc(C(=O)O)cc2F)c1. The quantitative estimate of drug-likeness (QED) is 0.912. The van der Waals surface area contributed by atoms with Crippen LogP contribution < -0.4 is 5.32 Å². The van der Waals surface area contributed by atoms with Gasteiger partial charge in [0.1, 0.15) is 11.6 Å². The van der Waals surface area contributed by atoms with Crippen molar-refractivity contribution in [2.75, 3.05) is 5.32 Å². The molecular formula is C15H11F2NO3. The zero-order chi connectivity index (χ0) is 15.6. The van der Waals surface area contributed by atoms with Crippen molar-refractivity contribution < 1.29 is 23.5 Å². The topological polar surface area (TPSA) is 66.4 Å². The first-order chi connectivity index (χ1) is 9.88. The van der Waals surface area contributed by atoms with Crippen molar-refractivity contribution in [1.82, 2.24) is 0 Å². The van der Waals surface area contributed by atoms with E-state index in [1.54, 1.807) is 6.92 Å². The van der Waals surface area contributed by atoms with Gasteiger partial charge in [-0.25, -0.2) is 13.6 Å². The van der Waals surface area contributed by atoms with Gasteiger partial charge in [-0.2, -0.15) is 0 Å². The summed E-state index contributed by atoms with van der Waals surface area (Å²) in [6.45, 7) is 1.69. The molecule has 0 aliphatic carbocycles. The van der Waals surface area contributed by atoms with Crippen molar-refractivity contribution in [2.45, 2.75) is 6.92 Å². The summed E-state index contributed by atoms with van der Waals surface area (Å²) >= 11 is 0. The molecule has 0 aromatic heterocycles. The molecule has 0 saturated heterocycles. The molecule has 0 radical (unpaired) electrons. The lowest BCUT2D eigenvalue weighted by molar-refractivity contribution is 0.0696. The van der Waals surface area contributed by atoms with Gasteiger partial charge in [0.25, 0.3) is 5.91 Å². The molecule has 0 saturated carbocycles. The minimum atomic E-state index is -1.28. The van der Waals surface area contributed by atoms with E-state index in [1.165, 1.54) is 12.1 Å². The second kappa shape index (κ2) is 5.70. The number of hydrogen-bond acceptors (Lipinski definition) is 2. The lowest BCUT2D eigenvalue weighted by Crippen LogP contribution is -2.15. The van der Waals surface area contributed by atoms with E-state index in [4.69, 9.17) is 5.11 Å². The fraction of sp³-hybridized carbons (Fsp3) is 0.0667. The number of nitrogens with one attached hydrogen (secondary N) is 1. The van der Waals surface area contributed by atoms with Crippen LogP contribution in [0.5, 0.6) is 0 Å². The number of aryl methyl sites for hydroxylation is 1. The molecule has 0 fully saturated rings. The van der Waals surface area contributed by atoms with Gasteiger partial charge in [-0.15, -0.1) is 0 Å². The molecule has 0 aliphatic heterocycles. The van der Waals surface area contributed by atoms with Gasteiger partial charge >= 0.3 is 5.97 Å². The molecule has 0 unspecified atom stereocenters. The highest BCUT2D eigenvalue weighted by atomic mass is 19.1. The monoisotopic (exact) mass is 291 g/mol. The Labute approximate surface area is 119 Å². The molecule has 6 heteroatoms. The second-order valence-electron chi connectivity index (χ2n) is 4.44. The van der Waals surface area contributed by atoms with Crippen molar-refractivity contribution in [1.29, 1.82) is 0 Å². The van der Waals surface area contributed by atoms with Crippen LogP contribution in [0, 0.1) is 18.6 Å². The first kappa shape index (κ1) is 14.6. The Morgan fingerprint density at radius 1 is 1.05 bits per heavy atom. The van der Waals surface area contributed by atoms with E-state index in [2.05, 4.69) is 5.32 Å². The molecule has 4 nitrogen and oxygen atoms in total. The van der Waals surface area contributed by atoms with Gasteiger partial charge in [0.15, 0.2) is 0 Å². The fourth-order valence-corrected chi connectivity index (χ4v) is 1.75. The first-order valence-corrected chi connectivity index (χ1v) is 5.99. The van der Waals surface area contributed by atoms with Crippen molar-refractivity contribution in [3.8, 4) is 0 Å². The Kier molecular flexibility index (Phi) is 3.98. The number of hydrogen-bond donors (Lipinski definition) is 2. The summed E-state index contributed by atoms with van der Waals surface area (Å²) in [6, 6.07) is 7.04. The number of aromatic carboxylic acids is 1. The van der Waals surface area contributed by atoms with Crippen LogP contribution in [0.15, 0.2) is 36.4 Å². The fourth-order valence-electron chi connectivity index (χ4n) is 1.75. The molecule has 2 aromatic rings. The minimum absolute atomic E-state index is 0.211. The number of carbonyl (C=O) groups is 2. The molecule has 108 valence electrons. The maximum atomic E-state index is 13.7. The highest BCUT2D eigenvalue weighted by Gasteiger charge is 2.15. The third-order valence-electron chi connectivity index (χ3n) is 2.83. The number of carbonyl (C=O) groups excluding carboxylic acids is 1. The molecule has 0 bridgehead atoms. The lowest BCUT2D eigenvalue weighted by atomic mass is 10.1. The van der Waals surface area contributed by atoms with Gasteiger partial charge in [-0.3, -0.25) is 4.79 Å². The van der Waals surface area contributed by atoms with Gasteiger partial charge in [0.2, 0.25) is 0 Å². The smallest absolute Gasteiger partial charge is 0.335 e. The third-order valence-corrected chi connectivity index (χ3v) is 2.83. The van der Waals surface area contributed by atoms with E-state index in [9.17, 15) is 18.4 Å². The molecule has 1 amide bonds. The van der Waals surface area contributed by atoms with Crippen LogP contribution in [0.2, 0.25) is 0 Å². The number of amides is 1. The van der Waals surface area contributed by atoms with Crippen molar-refractivity contribution in [3.63, 3.8) is 0 Å². The molecule has 2 aromatic carbocycles. The lowest BCUT2D eigenvalue weighted by Gasteiger charge is -2.08. The maximum absolute atomic E-state index is 13.7. The Bertz CT molecular complexity index is 729. The van der Waals surface area contributed by atoms with Gasteiger partial charge in [0, 0.05) is 0 Å². The average molecular weight is 291 g/mol. The van der Waals surface area contributed by atoms with Crippen LogP contribution in [0.3, 0.4) is 0 Å². The number of carboxylic acid groups (broad SMARTS) is 1. The first-order valence-electron chi connectivity index (χ1n) is 5.99. The average Bonchev–Trinajstić information content (AvgIpc) is 2.43. The molecule has 0 spiro atoms. The molecule has 2 rings (SSSR count). The van der Waals surface area contributed by atoms with E-state index in [0.717, 1.165) is 24.3 Å². The predicted octanol–water partition coefficient (Wildman–Crippen LogP) is 3.22. The summed E-state index contributed by atoms with van der Waals surface area (Å²) in [7, 11) is 0. The maximum Gasteiger partial charge on any atom is 0.335 e. The number of halogens is 2. The summed E-state index contributed by atoms with van der Waals surface area (Å²) in [6.07, 6.45) is 0. The molecular weight excluding hydrogens is 280 g/mol. The zero-order valence-electron chi connectivity index (χ0n) is 11.0. The van der Waals surface area contributed by atoms with Gasteiger partial charge < -0.3 is 10.4 Å². The third kappa shape index (κ3) is 3.22. The molecule has 0 aliphatic rings. The summed E-state index contributed by atoms with van der Waals surface area (Å²) in [5, 5.41) is 10.9. The van der Waals surface area contributed by atoms with Crippen molar-refractivity contribution in [2.24, 2.45) is 0 Å². The Hall–Kier alpha value is -2.76. The van der Waals surface area contributed by atoms with Crippen LogP contribution in [0.4, 0.5) is 14.5 Å². The van der Waals surface area contributed by atoms with Crippen molar-refractivity contribution >= 4 is 17.6 Å². The highest BCUT2D eigenvalue weighted by molar-refractivity contribution is 6.04. The summed E-state index contributed by atoms with van der Waals surface area (Å²) in [4.78, 5) is 22.6. The largest absolute Gasteiger partial charge is 0.478 e. The number of benzene rings is 2. The van der Waals surface area contributed by atoms with Crippen LogP contribution in [-0.4, -0.2) is 17.0 Å². The standard InChI is InChI=1S/C15H11F2NO3/c1-8-2-4-11(16)10(6-8)14(19)18-13-5-3-9(15(20)21)7-12(13)17/h2-7H,1H3,(H,18,19)(H,20,21). The van der Waals surface area contributed by atoms with Gasteiger partial charge in [-0.05, 0) is 37.3 Å². The van der Waals surface area contributed by atoms with E-state index in [1.807, 2.05) is 0 Å². The summed E-state index contributed by atoms with van der Waals surface area (Å²) in [5.41, 5.74) is 0.0121. The van der Waals surface area contributed by atoms with E-state index in [0.29, 0.717) is 5.56 Å². The molecule has 2 N–H and O–H groups in total. The van der Waals surface area contributed by atoms with Crippen LogP contribution in [0.1, 0.15) is 26.3 Å². The van der Waals surface area contributed by atoms with E-state index < -0.39 is 23.5 Å². The minimum Gasteiger partial charge on any atom is -0.478 e. The van der Waals surface area contributed by atoms with E-state index in [-0.39, 0.29) is 16.8 Å².